The van der Waals surface area contributed by atoms with Crippen LogP contribution >= 0.6 is 0 Å². The van der Waals surface area contributed by atoms with Crippen LogP contribution in [-0.4, -0.2) is 0 Å². The molecular formula is C19H28. The summed E-state index contributed by atoms with van der Waals surface area (Å²) in [5, 5.41) is 0. The first-order valence-electron chi connectivity index (χ1n) is 7.89. The zero-order valence-electron chi connectivity index (χ0n) is 12.6. The van der Waals surface area contributed by atoms with Crippen molar-refractivity contribution in [3.8, 4) is 11.8 Å². The van der Waals surface area contributed by atoms with Gasteiger partial charge in [0, 0.05) is 11.5 Å². The normalized spacial score (nSPS) is 11.7. The number of hydrogen-bond acceptors (Lipinski definition) is 0. The van der Waals surface area contributed by atoms with Crippen LogP contribution in [0.1, 0.15) is 70.8 Å². The fourth-order valence-electron chi connectivity index (χ4n) is 2.21. The molecular weight excluding hydrogens is 228 g/mol. The number of benzene rings is 1. The Hall–Kier alpha value is -1.22. The average molecular weight is 256 g/mol. The third-order valence-corrected chi connectivity index (χ3v) is 3.48. The van der Waals surface area contributed by atoms with Crippen LogP contribution < -0.4 is 0 Å². The van der Waals surface area contributed by atoms with E-state index < -0.39 is 0 Å². The van der Waals surface area contributed by atoms with Crippen molar-refractivity contribution in [2.45, 2.75) is 65.2 Å². The van der Waals surface area contributed by atoms with Gasteiger partial charge in [0.25, 0.3) is 0 Å². The Morgan fingerprint density at radius 3 is 2.21 bits per heavy atom. The Balaban J connectivity index is 2.08. The Bertz CT molecular complexity index is 366. The average Bonchev–Trinajstić information content (AvgIpc) is 2.45. The largest absolute Gasteiger partial charge is 0.0948 e. The zero-order chi connectivity index (χ0) is 13.8. The van der Waals surface area contributed by atoms with E-state index in [1.165, 1.54) is 51.4 Å². The lowest BCUT2D eigenvalue weighted by molar-refractivity contribution is 0.544. The predicted molar refractivity (Wildman–Crippen MR) is 85.1 cm³/mol. The van der Waals surface area contributed by atoms with Crippen LogP contribution in [0.25, 0.3) is 0 Å². The molecule has 104 valence electrons. The molecule has 0 aliphatic carbocycles. The molecule has 0 heteroatoms. The molecule has 0 spiro atoms. The highest BCUT2D eigenvalue weighted by molar-refractivity contribution is 5.33. The molecule has 0 saturated heterocycles. The Labute approximate surface area is 119 Å². The van der Waals surface area contributed by atoms with Gasteiger partial charge in [-0.25, -0.2) is 0 Å². The molecule has 0 bridgehead atoms. The van der Waals surface area contributed by atoms with Gasteiger partial charge in [-0.3, -0.25) is 0 Å². The molecule has 0 saturated carbocycles. The Morgan fingerprint density at radius 1 is 0.895 bits per heavy atom. The van der Waals surface area contributed by atoms with E-state index in [4.69, 9.17) is 0 Å². The first-order chi connectivity index (χ1) is 9.33. The van der Waals surface area contributed by atoms with E-state index in [0.717, 1.165) is 5.56 Å². The van der Waals surface area contributed by atoms with Crippen LogP contribution in [0.15, 0.2) is 30.3 Å². The highest BCUT2D eigenvalue weighted by Crippen LogP contribution is 2.12. The summed E-state index contributed by atoms with van der Waals surface area (Å²) in [5.41, 5.74) is 1.13. The van der Waals surface area contributed by atoms with Gasteiger partial charge < -0.3 is 0 Å². The van der Waals surface area contributed by atoms with Crippen LogP contribution in [0.5, 0.6) is 0 Å². The van der Waals surface area contributed by atoms with Crippen molar-refractivity contribution < 1.29 is 0 Å². The third-order valence-electron chi connectivity index (χ3n) is 3.48. The van der Waals surface area contributed by atoms with Crippen molar-refractivity contribution in [2.75, 3.05) is 0 Å². The molecule has 1 unspecified atom stereocenters. The summed E-state index contributed by atoms with van der Waals surface area (Å²) in [6, 6.07) is 10.3. The molecule has 0 nitrogen and oxygen atoms in total. The van der Waals surface area contributed by atoms with Crippen molar-refractivity contribution in [1.29, 1.82) is 0 Å². The lowest BCUT2D eigenvalue weighted by Crippen LogP contribution is -1.91. The van der Waals surface area contributed by atoms with E-state index >= 15 is 0 Å². The molecule has 1 aromatic carbocycles. The fraction of sp³-hybridized carbons (Fsp3) is 0.579. The van der Waals surface area contributed by atoms with Gasteiger partial charge in [0.15, 0.2) is 0 Å². The monoisotopic (exact) mass is 256 g/mol. The maximum Gasteiger partial charge on any atom is 0.0245 e. The van der Waals surface area contributed by atoms with Crippen molar-refractivity contribution in [1.82, 2.24) is 0 Å². The van der Waals surface area contributed by atoms with Crippen molar-refractivity contribution in [3.05, 3.63) is 35.9 Å². The minimum absolute atomic E-state index is 0.524. The van der Waals surface area contributed by atoms with Crippen molar-refractivity contribution in [3.63, 3.8) is 0 Å². The van der Waals surface area contributed by atoms with Crippen molar-refractivity contribution >= 4 is 0 Å². The molecule has 0 heterocycles. The maximum atomic E-state index is 3.36. The Kier molecular flexibility index (Phi) is 8.90. The van der Waals surface area contributed by atoms with Crippen LogP contribution in [0.3, 0.4) is 0 Å². The molecule has 0 amide bonds. The minimum Gasteiger partial charge on any atom is -0.0948 e. The van der Waals surface area contributed by atoms with Crippen molar-refractivity contribution in [2.24, 2.45) is 5.92 Å². The fourth-order valence-corrected chi connectivity index (χ4v) is 2.21. The molecule has 0 aromatic heterocycles. The summed E-state index contributed by atoms with van der Waals surface area (Å²) in [4.78, 5) is 0. The molecule has 19 heavy (non-hydrogen) atoms. The minimum atomic E-state index is 0.524. The highest BCUT2D eigenvalue weighted by Gasteiger charge is 1.97. The van der Waals surface area contributed by atoms with E-state index in [-0.39, 0.29) is 0 Å². The van der Waals surface area contributed by atoms with Crippen LogP contribution in [0.4, 0.5) is 0 Å². The van der Waals surface area contributed by atoms with Gasteiger partial charge in [0.05, 0.1) is 0 Å². The molecule has 1 aromatic rings. The zero-order valence-corrected chi connectivity index (χ0v) is 12.6. The molecule has 0 radical (unpaired) electrons. The van der Waals surface area contributed by atoms with Gasteiger partial charge in [-0.15, -0.1) is 0 Å². The summed E-state index contributed by atoms with van der Waals surface area (Å²) in [6.07, 6.45) is 10.9. The molecule has 1 rings (SSSR count). The first kappa shape index (κ1) is 15.8. The molecule has 0 aliphatic rings. The number of rotatable bonds is 8. The maximum absolute atomic E-state index is 3.36. The van der Waals surface area contributed by atoms with Gasteiger partial charge >= 0.3 is 0 Å². The third kappa shape index (κ3) is 8.49. The second-order valence-electron chi connectivity index (χ2n) is 5.45. The van der Waals surface area contributed by atoms with Gasteiger partial charge in [0.2, 0.25) is 0 Å². The van der Waals surface area contributed by atoms with Gasteiger partial charge in [-0.1, -0.05) is 88.8 Å². The second-order valence-corrected chi connectivity index (χ2v) is 5.45. The SMILES string of the molecule is CCCCCCCCCC(C)C#Cc1ccccc1. The van der Waals surface area contributed by atoms with Crippen LogP contribution in [0, 0.1) is 17.8 Å². The van der Waals surface area contributed by atoms with Crippen LogP contribution in [0.2, 0.25) is 0 Å². The Morgan fingerprint density at radius 2 is 1.53 bits per heavy atom. The molecule has 0 aliphatic heterocycles. The topological polar surface area (TPSA) is 0 Å². The standard InChI is InChI=1S/C19H28/c1-3-4-5-6-7-8-10-13-18(2)16-17-19-14-11-9-12-15-19/h9,11-12,14-15,18H,3-8,10,13H2,1-2H3. The summed E-state index contributed by atoms with van der Waals surface area (Å²) < 4.78 is 0. The predicted octanol–water partition coefficient (Wildman–Crippen LogP) is 5.81. The summed E-state index contributed by atoms with van der Waals surface area (Å²) in [5.74, 6) is 7.15. The van der Waals surface area contributed by atoms with Gasteiger partial charge in [0.1, 0.15) is 0 Å². The van der Waals surface area contributed by atoms with E-state index in [1.54, 1.807) is 0 Å². The van der Waals surface area contributed by atoms with E-state index in [9.17, 15) is 0 Å². The van der Waals surface area contributed by atoms with Crippen LogP contribution in [-0.2, 0) is 0 Å². The lowest BCUT2D eigenvalue weighted by atomic mass is 10.0. The number of hydrogen-bond donors (Lipinski definition) is 0. The number of unbranched alkanes of at least 4 members (excludes halogenated alkanes) is 6. The second kappa shape index (κ2) is 10.7. The molecule has 1 atom stereocenters. The molecule has 0 fully saturated rings. The highest BCUT2D eigenvalue weighted by atomic mass is 14.0. The molecule has 0 N–H and O–H groups in total. The van der Waals surface area contributed by atoms with E-state index in [0.29, 0.717) is 5.92 Å². The first-order valence-corrected chi connectivity index (χ1v) is 7.89. The van der Waals surface area contributed by atoms with Gasteiger partial charge in [-0.2, -0.15) is 0 Å². The summed E-state index contributed by atoms with van der Waals surface area (Å²) in [7, 11) is 0. The summed E-state index contributed by atoms with van der Waals surface area (Å²) >= 11 is 0. The smallest absolute Gasteiger partial charge is 0.0245 e. The lowest BCUT2D eigenvalue weighted by Gasteiger charge is -2.04. The van der Waals surface area contributed by atoms with E-state index in [1.807, 2.05) is 18.2 Å². The summed E-state index contributed by atoms with van der Waals surface area (Å²) in [6.45, 7) is 4.51. The quantitative estimate of drug-likeness (QED) is 0.406. The van der Waals surface area contributed by atoms with Gasteiger partial charge in [-0.05, 0) is 18.6 Å². The van der Waals surface area contributed by atoms with E-state index in [2.05, 4.69) is 37.8 Å².